The van der Waals surface area contributed by atoms with E-state index in [2.05, 4.69) is 5.32 Å². The van der Waals surface area contributed by atoms with Crippen molar-refractivity contribution in [3.63, 3.8) is 0 Å². The topological polar surface area (TPSA) is 81.2 Å². The van der Waals surface area contributed by atoms with E-state index in [0.29, 0.717) is 17.9 Å². The lowest BCUT2D eigenvalue weighted by molar-refractivity contribution is -0.384. The number of anilines is 2. The number of nitrogens with one attached hydrogen (secondary N) is 1. The first-order valence-electron chi connectivity index (χ1n) is 5.68. The molecule has 0 fully saturated rings. The molecule has 0 saturated heterocycles. The van der Waals surface area contributed by atoms with Crippen LogP contribution in [0.5, 0.6) is 0 Å². The molecule has 5 nitrogen and oxygen atoms in total. The van der Waals surface area contributed by atoms with Crippen molar-refractivity contribution < 1.29 is 9.31 Å². The van der Waals surface area contributed by atoms with E-state index in [1.807, 2.05) is 0 Å². The zero-order chi connectivity index (χ0) is 14.7. The fourth-order valence-corrected chi connectivity index (χ4v) is 1.90. The number of non-ortho nitro benzene ring substituents is 1. The zero-order valence-corrected chi connectivity index (χ0v) is 11.0. The van der Waals surface area contributed by atoms with Crippen molar-refractivity contribution in [2.24, 2.45) is 0 Å². The van der Waals surface area contributed by atoms with E-state index in [9.17, 15) is 14.5 Å². The highest BCUT2D eigenvalue weighted by Crippen LogP contribution is 2.23. The van der Waals surface area contributed by atoms with Gasteiger partial charge in [-0.3, -0.25) is 10.1 Å². The van der Waals surface area contributed by atoms with Crippen molar-refractivity contribution in [2.45, 2.75) is 6.54 Å². The molecule has 2 rings (SSSR count). The summed E-state index contributed by atoms with van der Waals surface area (Å²) in [7, 11) is 0. The average molecular weight is 296 g/mol. The number of nitro benzene ring substituents is 1. The summed E-state index contributed by atoms with van der Waals surface area (Å²) < 4.78 is 13.0. The van der Waals surface area contributed by atoms with Gasteiger partial charge in [-0.1, -0.05) is 17.7 Å². The highest BCUT2D eigenvalue weighted by Gasteiger charge is 2.08. The number of nitrogen functional groups attached to an aromatic ring is 1. The maximum absolute atomic E-state index is 13.0. The highest BCUT2D eigenvalue weighted by molar-refractivity contribution is 6.30. The first-order chi connectivity index (χ1) is 9.45. The van der Waals surface area contributed by atoms with E-state index in [4.69, 9.17) is 17.3 Å². The first-order valence-corrected chi connectivity index (χ1v) is 6.06. The minimum absolute atomic E-state index is 0.0304. The average Bonchev–Trinajstić information content (AvgIpc) is 2.39. The summed E-state index contributed by atoms with van der Waals surface area (Å²) in [5.74, 6) is -0.491. The van der Waals surface area contributed by atoms with Crippen molar-refractivity contribution in [3.8, 4) is 0 Å². The number of nitrogens with zero attached hydrogens (tertiary/aromatic N) is 1. The van der Waals surface area contributed by atoms with Crippen molar-refractivity contribution in [1.82, 2.24) is 0 Å². The van der Waals surface area contributed by atoms with Crippen molar-refractivity contribution in [3.05, 3.63) is 62.9 Å². The highest BCUT2D eigenvalue weighted by atomic mass is 35.5. The lowest BCUT2D eigenvalue weighted by Crippen LogP contribution is -2.01. The summed E-state index contributed by atoms with van der Waals surface area (Å²) in [5, 5.41) is 13.7. The van der Waals surface area contributed by atoms with Crippen LogP contribution in [0.15, 0.2) is 36.4 Å². The number of hydrogen-bond acceptors (Lipinski definition) is 4. The van der Waals surface area contributed by atoms with Gasteiger partial charge in [-0.15, -0.1) is 0 Å². The molecule has 20 heavy (non-hydrogen) atoms. The Morgan fingerprint density at radius 2 is 2.05 bits per heavy atom. The maximum atomic E-state index is 13.0. The summed E-state index contributed by atoms with van der Waals surface area (Å²) >= 11 is 5.68. The third kappa shape index (κ3) is 3.36. The van der Waals surface area contributed by atoms with Crippen LogP contribution in [0.25, 0.3) is 0 Å². The Labute approximate surface area is 119 Å². The predicted molar refractivity (Wildman–Crippen MR) is 76.2 cm³/mol. The van der Waals surface area contributed by atoms with Gasteiger partial charge >= 0.3 is 0 Å². The molecular weight excluding hydrogens is 285 g/mol. The van der Waals surface area contributed by atoms with Crippen LogP contribution in [0.2, 0.25) is 5.02 Å². The second-order valence-corrected chi connectivity index (χ2v) is 4.58. The molecule has 0 atom stereocenters. The summed E-state index contributed by atoms with van der Waals surface area (Å²) in [6.45, 7) is 0.348. The minimum Gasteiger partial charge on any atom is -0.398 e. The van der Waals surface area contributed by atoms with Crippen LogP contribution < -0.4 is 11.1 Å². The Bertz CT molecular complexity index is 664. The fourth-order valence-electron chi connectivity index (χ4n) is 1.70. The summed E-state index contributed by atoms with van der Waals surface area (Å²) in [6.07, 6.45) is 0. The number of halogens is 2. The second-order valence-electron chi connectivity index (χ2n) is 4.17. The van der Waals surface area contributed by atoms with Gasteiger partial charge in [-0.2, -0.15) is 0 Å². The molecule has 0 saturated carbocycles. The molecule has 0 radical (unpaired) electrons. The Morgan fingerprint density at radius 1 is 1.30 bits per heavy atom. The van der Waals surface area contributed by atoms with E-state index < -0.39 is 10.7 Å². The summed E-state index contributed by atoms with van der Waals surface area (Å²) in [6, 6.07) is 8.57. The molecule has 0 heterocycles. The molecular formula is C13H11ClFN3O2. The Kier molecular flexibility index (Phi) is 4.05. The van der Waals surface area contributed by atoms with E-state index >= 15 is 0 Å². The van der Waals surface area contributed by atoms with Crippen LogP contribution in [0.1, 0.15) is 5.56 Å². The Hall–Kier alpha value is -2.34. The fraction of sp³-hybridized carbons (Fsp3) is 0.0769. The molecule has 0 bridgehead atoms. The normalized spacial score (nSPS) is 10.3. The lowest BCUT2D eigenvalue weighted by atomic mass is 10.2. The molecule has 0 aliphatic heterocycles. The van der Waals surface area contributed by atoms with Gasteiger partial charge in [0, 0.05) is 30.1 Å². The molecule has 3 N–H and O–H groups in total. The standard InChI is InChI=1S/C13H11ClFN3O2/c14-12-3-8(1-2-13(12)15)7-17-10-4-9(16)5-11(6-10)18(19)20/h1-6,17H,7,16H2. The molecule has 0 spiro atoms. The summed E-state index contributed by atoms with van der Waals surface area (Å²) in [4.78, 5) is 10.2. The van der Waals surface area contributed by atoms with Crippen molar-refractivity contribution >= 4 is 28.7 Å². The van der Waals surface area contributed by atoms with Gasteiger partial charge in [-0.25, -0.2) is 4.39 Å². The molecule has 2 aromatic carbocycles. The van der Waals surface area contributed by atoms with E-state index in [0.717, 1.165) is 5.56 Å². The molecule has 2 aromatic rings. The Balaban J connectivity index is 2.14. The lowest BCUT2D eigenvalue weighted by Gasteiger charge is -2.08. The third-order valence-electron chi connectivity index (χ3n) is 2.63. The Morgan fingerprint density at radius 3 is 2.70 bits per heavy atom. The smallest absolute Gasteiger partial charge is 0.273 e. The van der Waals surface area contributed by atoms with Gasteiger partial charge < -0.3 is 11.1 Å². The minimum atomic E-state index is -0.518. The van der Waals surface area contributed by atoms with E-state index in [1.165, 1.54) is 24.3 Å². The van der Waals surface area contributed by atoms with Crippen LogP contribution in [-0.4, -0.2) is 4.92 Å². The van der Waals surface area contributed by atoms with E-state index in [-0.39, 0.29) is 10.7 Å². The van der Waals surface area contributed by atoms with Crippen molar-refractivity contribution in [2.75, 3.05) is 11.1 Å². The van der Waals surface area contributed by atoms with Gasteiger partial charge in [0.15, 0.2) is 0 Å². The molecule has 0 unspecified atom stereocenters. The second kappa shape index (κ2) is 5.75. The van der Waals surface area contributed by atoms with Crippen LogP contribution in [-0.2, 0) is 6.54 Å². The molecule has 0 amide bonds. The van der Waals surface area contributed by atoms with Crippen LogP contribution >= 0.6 is 11.6 Å². The first kappa shape index (κ1) is 14.1. The molecule has 0 aliphatic rings. The van der Waals surface area contributed by atoms with Gasteiger partial charge in [0.2, 0.25) is 0 Å². The predicted octanol–water partition coefficient (Wildman–Crippen LogP) is 3.58. The van der Waals surface area contributed by atoms with Gasteiger partial charge in [-0.05, 0) is 23.8 Å². The monoisotopic (exact) mass is 295 g/mol. The molecule has 7 heteroatoms. The van der Waals surface area contributed by atoms with Crippen LogP contribution in [0.3, 0.4) is 0 Å². The largest absolute Gasteiger partial charge is 0.398 e. The number of rotatable bonds is 4. The number of hydrogen-bond donors (Lipinski definition) is 2. The number of nitro groups is 1. The van der Waals surface area contributed by atoms with Gasteiger partial charge in [0.1, 0.15) is 5.82 Å². The van der Waals surface area contributed by atoms with Gasteiger partial charge in [0.05, 0.1) is 9.95 Å². The third-order valence-corrected chi connectivity index (χ3v) is 2.92. The maximum Gasteiger partial charge on any atom is 0.273 e. The SMILES string of the molecule is Nc1cc(NCc2ccc(F)c(Cl)c2)cc([N+](=O)[O-])c1. The van der Waals surface area contributed by atoms with E-state index in [1.54, 1.807) is 12.1 Å². The molecule has 0 aromatic heterocycles. The molecule has 0 aliphatic carbocycles. The van der Waals surface area contributed by atoms with Crippen molar-refractivity contribution in [1.29, 1.82) is 0 Å². The number of nitrogens with two attached hydrogens (primary N) is 1. The quantitative estimate of drug-likeness (QED) is 0.513. The molecule has 104 valence electrons. The zero-order valence-electron chi connectivity index (χ0n) is 10.3. The number of benzene rings is 2. The van der Waals surface area contributed by atoms with Gasteiger partial charge in [0.25, 0.3) is 5.69 Å². The van der Waals surface area contributed by atoms with Crippen LogP contribution in [0, 0.1) is 15.9 Å². The van der Waals surface area contributed by atoms with Crippen LogP contribution in [0.4, 0.5) is 21.5 Å². The summed E-state index contributed by atoms with van der Waals surface area (Å²) in [5.41, 5.74) is 7.06.